The summed E-state index contributed by atoms with van der Waals surface area (Å²) in [5.74, 6) is 47.9. The Morgan fingerprint density at radius 3 is 1.31 bits per heavy atom. The first kappa shape index (κ1) is 52.7. The summed E-state index contributed by atoms with van der Waals surface area (Å²) in [5, 5.41) is 31.4. The number of carbonyl (C=O) groups excluding carboxylic acids is 2. The van der Waals surface area contributed by atoms with Crippen LogP contribution in [0.5, 0.6) is 0 Å². The molecule has 0 bridgehead atoms. The van der Waals surface area contributed by atoms with Gasteiger partial charge in [-0.15, -0.1) is 0 Å². The zero-order valence-electron chi connectivity index (χ0n) is 29.4. The Bertz CT molecular complexity index is 2470. The van der Waals surface area contributed by atoms with Gasteiger partial charge in [0.25, 0.3) is 0 Å². The van der Waals surface area contributed by atoms with E-state index in [-0.39, 0.29) is 46.3 Å². The van der Waals surface area contributed by atoms with Crippen molar-refractivity contribution in [3.05, 3.63) is 0 Å². The molecule has 0 radical (unpaired) electrons. The Morgan fingerprint density at radius 2 is 0.897 bits per heavy atom. The lowest BCUT2D eigenvalue weighted by Crippen LogP contribution is -2.65. The first-order chi connectivity index (χ1) is 26.8. The molecular formula is C35H73O19P3S. The van der Waals surface area contributed by atoms with E-state index in [0.717, 1.165) is 0 Å². The summed E-state index contributed by atoms with van der Waals surface area (Å²) in [7, 11) is -16.9. The minimum Gasteiger partial charge on any atom is -0.452 e. The Balaban J connectivity index is -0.0000000615. The Morgan fingerprint density at radius 1 is 0.534 bits per heavy atom. The second kappa shape index (κ2) is 27.3. The number of hydrogen-bond acceptors (Lipinski definition) is 14. The van der Waals surface area contributed by atoms with Crippen molar-refractivity contribution < 1.29 is 123 Å². The molecule has 0 spiro atoms. The van der Waals surface area contributed by atoms with E-state index in [4.69, 9.17) is 23.8 Å². The van der Waals surface area contributed by atoms with E-state index in [0.29, 0.717) is 0 Å². The highest BCUT2D eigenvalue weighted by molar-refractivity contribution is 7.59. The van der Waals surface area contributed by atoms with E-state index in [2.05, 4.69) is 132 Å². The second-order valence-electron chi connectivity index (χ2n) is 9.55. The van der Waals surface area contributed by atoms with Crippen molar-refractivity contribution in [3.8, 4) is 130 Å². The number of ether oxygens (including phenoxy) is 2. The van der Waals surface area contributed by atoms with Gasteiger partial charge < -0.3 is 49.3 Å². The molecule has 4 unspecified atom stereocenters. The molecule has 0 aliphatic heterocycles. The molecule has 1 saturated carbocycles. The zero-order chi connectivity index (χ0) is 42.9. The van der Waals surface area contributed by atoms with Crippen LogP contribution in [0.1, 0.15) is 46.7 Å². The van der Waals surface area contributed by atoms with Crippen LogP contribution in [0.15, 0.2) is 0 Å². The summed E-state index contributed by atoms with van der Waals surface area (Å²) in [5.41, 5.74) is 0. The summed E-state index contributed by atoms with van der Waals surface area (Å²) in [6.45, 7) is 1.05. The molecule has 0 aromatic carbocycles. The topological polar surface area (TPSA) is 303 Å². The largest absolute Gasteiger partial charge is 0.472 e. The SMILES string of the molecule is CC#CC#CC#CC#CC#CC#CC(=O)O[C@H](COC(=O)C#CC#CC#CC#CC#CC)COP(=O)(O)OC1C(O)[C@@H](OP(=O)(O)O)C(OP(=O)(O)O)[C@@H](O)[C@H]1O.S.[HH].[HH].[HH].[HH].[HH].[HH].[HH].[HH].[HH].[HH].[HH].[HH].[HH].[HH].[HH].[HH].[HH].[HH].[HH].[HH].[HH].[HH].[HH]. The van der Waals surface area contributed by atoms with E-state index in [1.807, 2.05) is 11.8 Å². The molecule has 23 heteroatoms. The monoisotopic (exact) mass is 922 g/mol. The third-order valence-electron chi connectivity index (χ3n) is 5.47. The molecule has 8 atom stereocenters. The van der Waals surface area contributed by atoms with Gasteiger partial charge in [-0.25, -0.2) is 23.3 Å². The summed E-state index contributed by atoms with van der Waals surface area (Å²) in [4.78, 5) is 71.5. The van der Waals surface area contributed by atoms with Crippen molar-refractivity contribution in [1.82, 2.24) is 0 Å². The molecule has 1 aliphatic rings. The lowest BCUT2D eigenvalue weighted by molar-refractivity contribution is -0.213. The molecule has 348 valence electrons. The molecule has 1 fully saturated rings. The normalized spacial score (nSPS) is 19.8. The molecule has 8 N–H and O–H groups in total. The van der Waals surface area contributed by atoms with Gasteiger partial charge in [0.2, 0.25) is 0 Å². The maximum absolute atomic E-state index is 12.9. The Kier molecular flexibility index (Phi) is 24.8. The van der Waals surface area contributed by atoms with Crippen LogP contribution in [-0.2, 0) is 50.9 Å². The van der Waals surface area contributed by atoms with Crippen LogP contribution >= 0.6 is 37.0 Å². The van der Waals surface area contributed by atoms with Crippen LogP contribution in [0, 0.1) is 130 Å². The van der Waals surface area contributed by atoms with Crippen LogP contribution in [0.3, 0.4) is 0 Å². The third kappa shape index (κ3) is 23.7. The number of phosphoric ester groups is 3. The van der Waals surface area contributed by atoms with Crippen molar-refractivity contribution in [2.24, 2.45) is 0 Å². The maximum atomic E-state index is 12.9. The van der Waals surface area contributed by atoms with Gasteiger partial charge in [-0.05, 0) is 120 Å². The number of phosphoric acid groups is 3. The van der Waals surface area contributed by atoms with E-state index in [1.165, 1.54) is 0 Å². The Hall–Kier alpha value is -5.34. The van der Waals surface area contributed by atoms with Crippen molar-refractivity contribution in [1.29, 1.82) is 0 Å². The molecule has 58 heavy (non-hydrogen) atoms. The van der Waals surface area contributed by atoms with Crippen molar-refractivity contribution in [2.45, 2.75) is 56.6 Å². The lowest BCUT2D eigenvalue weighted by atomic mass is 9.85. The van der Waals surface area contributed by atoms with E-state index in [9.17, 15) is 53.3 Å². The number of hydrogen-bond donors (Lipinski definition) is 8. The molecule has 0 aromatic heterocycles. The highest BCUT2D eigenvalue weighted by atomic mass is 32.1. The third-order valence-corrected chi connectivity index (χ3v) is 7.49. The molecule has 0 amide bonds. The van der Waals surface area contributed by atoms with Crippen molar-refractivity contribution >= 4 is 48.9 Å². The van der Waals surface area contributed by atoms with Gasteiger partial charge in [0.1, 0.15) is 43.2 Å². The van der Waals surface area contributed by atoms with E-state index in [1.54, 1.807) is 13.8 Å². The fourth-order valence-electron chi connectivity index (χ4n) is 3.44. The summed E-state index contributed by atoms with van der Waals surface area (Å²) in [6, 6.07) is 0. The predicted octanol–water partition coefficient (Wildman–Crippen LogP) is 2.84. The van der Waals surface area contributed by atoms with Gasteiger partial charge in [0.15, 0.2) is 6.10 Å². The highest BCUT2D eigenvalue weighted by Gasteiger charge is 2.56. The van der Waals surface area contributed by atoms with Crippen LogP contribution in [0.4, 0.5) is 0 Å². The zero-order valence-corrected chi connectivity index (χ0v) is 33.0. The maximum Gasteiger partial charge on any atom is 0.472 e. The fourth-order valence-corrected chi connectivity index (χ4v) is 5.54. The van der Waals surface area contributed by atoms with Gasteiger partial charge in [-0.1, -0.05) is 11.8 Å². The predicted molar refractivity (Wildman–Crippen MR) is 249 cm³/mol. The summed E-state index contributed by atoms with van der Waals surface area (Å²) in [6.07, 6.45) is -17.3. The van der Waals surface area contributed by atoms with E-state index < -0.39 is 91.3 Å². The first-order valence-electron chi connectivity index (χ1n) is 14.7. The molecule has 1 rings (SSSR count). The van der Waals surface area contributed by atoms with E-state index >= 15 is 0 Å². The minimum atomic E-state index is -5.66. The smallest absolute Gasteiger partial charge is 0.452 e. The van der Waals surface area contributed by atoms with Crippen molar-refractivity contribution in [3.63, 3.8) is 0 Å². The average Bonchev–Trinajstić information content (AvgIpc) is 3.12. The number of aliphatic hydroxyl groups excluding tert-OH is 3. The second-order valence-corrected chi connectivity index (χ2v) is 13.3. The lowest BCUT2D eigenvalue weighted by Gasteiger charge is -2.44. The van der Waals surface area contributed by atoms with Crippen LogP contribution in [0.2, 0.25) is 0 Å². The summed E-state index contributed by atoms with van der Waals surface area (Å²) >= 11 is 0. The van der Waals surface area contributed by atoms with Gasteiger partial charge in [0.05, 0.1) is 6.61 Å². The highest BCUT2D eigenvalue weighted by Crippen LogP contribution is 2.51. The number of carbonyl (C=O) groups is 2. The van der Waals surface area contributed by atoms with Gasteiger partial charge in [-0.2, -0.15) is 13.5 Å². The number of aliphatic hydroxyl groups is 3. The molecule has 19 nitrogen and oxygen atoms in total. The fraction of sp³-hybridized carbons (Fsp3) is 0.314. The number of esters is 2. The average molecular weight is 923 g/mol. The number of rotatable bonds is 12. The Labute approximate surface area is 372 Å². The molecule has 0 heterocycles. The molecular weight excluding hydrogens is 849 g/mol. The van der Waals surface area contributed by atoms with Crippen LogP contribution in [-0.4, -0.2) is 108 Å². The van der Waals surface area contributed by atoms with Crippen LogP contribution < -0.4 is 0 Å². The molecule has 0 saturated heterocycles. The van der Waals surface area contributed by atoms with Gasteiger partial charge >= 0.3 is 35.4 Å². The quantitative estimate of drug-likeness (QED) is 0.0604. The van der Waals surface area contributed by atoms with Crippen LogP contribution in [0.25, 0.3) is 0 Å². The standard InChI is InChI=1S/C35H25O19P3.H2S.23H2/c1-3-5-7-9-11-13-14-16-18-20-22-24-29(37)51-27(25-49-28(36)23-21-19-17-15-12-10-8-6-4-2)26-50-57(47,48)54-33-30(38)31(39)34(52-55(41,42)43)35(32(33)40)53-56(44,45)46;;;;;;;;;;;;;;;;;;;;;;;;/h27,30-35,38-40H,25-26H2,1-2H3,(H,47,48)(H2,41,42,43)(H2,44,45,46);1H2;23*1H/t27-,30-,31+,32?,33?,34?,35-;;;;;;;;;;;;;;;;;;;;;;;;/m1......................../s1. The first-order valence-corrected chi connectivity index (χ1v) is 19.3. The minimum absolute atomic E-state index is 0. The molecule has 0 aromatic rings. The van der Waals surface area contributed by atoms with Gasteiger partial charge in [-0.3, -0.25) is 18.1 Å². The van der Waals surface area contributed by atoms with Gasteiger partial charge in [0, 0.05) is 44.7 Å². The van der Waals surface area contributed by atoms with Crippen molar-refractivity contribution in [2.75, 3.05) is 13.2 Å². The summed E-state index contributed by atoms with van der Waals surface area (Å²) < 4.78 is 63.4. The molecule has 1 aliphatic carbocycles.